The van der Waals surface area contributed by atoms with Crippen molar-refractivity contribution in [1.82, 2.24) is 4.90 Å². The zero-order valence-corrected chi connectivity index (χ0v) is 12.4. The summed E-state index contributed by atoms with van der Waals surface area (Å²) in [5, 5.41) is 10.6. The quantitative estimate of drug-likeness (QED) is 0.788. The van der Waals surface area contributed by atoms with Crippen molar-refractivity contribution in [1.29, 1.82) is 5.26 Å². The average molecular weight is 348 g/mol. The van der Waals surface area contributed by atoms with Crippen LogP contribution in [0.1, 0.15) is 28.6 Å². The van der Waals surface area contributed by atoms with Crippen molar-refractivity contribution >= 4 is 39.8 Å². The molecule has 0 spiro atoms. The van der Waals surface area contributed by atoms with Crippen molar-refractivity contribution in [2.45, 2.75) is 26.3 Å². The first kappa shape index (κ1) is 13.5. The van der Waals surface area contributed by atoms with Crippen molar-refractivity contribution in [2.75, 3.05) is 7.05 Å². The van der Waals surface area contributed by atoms with E-state index in [4.69, 9.17) is 5.26 Å². The lowest BCUT2D eigenvalue weighted by Crippen LogP contribution is -2.34. The Morgan fingerprint density at radius 3 is 2.81 bits per heavy atom. The highest BCUT2D eigenvalue weighted by atomic mass is 127. The van der Waals surface area contributed by atoms with Gasteiger partial charge in [-0.25, -0.2) is 0 Å². The maximum atomic E-state index is 12.1. The smallest absolute Gasteiger partial charge is 0.265 e. The topological polar surface area (TPSA) is 44.1 Å². The second-order valence-electron chi connectivity index (χ2n) is 3.69. The van der Waals surface area contributed by atoms with Gasteiger partial charge >= 0.3 is 0 Å². The van der Waals surface area contributed by atoms with Gasteiger partial charge in [-0.15, -0.1) is 11.3 Å². The third kappa shape index (κ3) is 2.74. The minimum absolute atomic E-state index is 0.00486. The summed E-state index contributed by atoms with van der Waals surface area (Å²) < 4.78 is 1.02. The number of aryl methyl sites for hydroxylation is 1. The number of amides is 1. The molecule has 16 heavy (non-hydrogen) atoms. The number of hydrogen-bond acceptors (Lipinski definition) is 3. The van der Waals surface area contributed by atoms with E-state index >= 15 is 0 Å². The number of rotatable bonds is 3. The lowest BCUT2D eigenvalue weighted by atomic mass is 10.2. The molecule has 3 nitrogen and oxygen atoms in total. The van der Waals surface area contributed by atoms with Gasteiger partial charge in [-0.1, -0.05) is 0 Å². The van der Waals surface area contributed by atoms with Crippen molar-refractivity contribution in [3.05, 3.63) is 19.4 Å². The van der Waals surface area contributed by atoms with Crippen LogP contribution < -0.4 is 0 Å². The van der Waals surface area contributed by atoms with Crippen LogP contribution in [0.3, 0.4) is 0 Å². The maximum absolute atomic E-state index is 12.1. The molecule has 0 aliphatic carbocycles. The molecule has 1 atom stereocenters. The molecule has 1 aromatic rings. The van der Waals surface area contributed by atoms with Gasteiger partial charge in [0.15, 0.2) is 0 Å². The van der Waals surface area contributed by atoms with Crippen LogP contribution >= 0.6 is 33.9 Å². The van der Waals surface area contributed by atoms with E-state index < -0.39 is 0 Å². The number of thiophene rings is 1. The highest BCUT2D eigenvalue weighted by molar-refractivity contribution is 14.1. The fourth-order valence-corrected chi connectivity index (χ4v) is 3.10. The van der Waals surface area contributed by atoms with Crippen LogP contribution in [0.5, 0.6) is 0 Å². The van der Waals surface area contributed by atoms with Crippen LogP contribution in [-0.2, 0) is 0 Å². The van der Waals surface area contributed by atoms with E-state index in [-0.39, 0.29) is 11.9 Å². The Morgan fingerprint density at radius 1 is 1.75 bits per heavy atom. The first-order chi connectivity index (χ1) is 7.49. The number of halogens is 1. The Morgan fingerprint density at radius 2 is 2.38 bits per heavy atom. The number of carbonyl (C=O) groups is 1. The Hall–Kier alpha value is -0.610. The van der Waals surface area contributed by atoms with E-state index in [2.05, 4.69) is 28.7 Å². The van der Waals surface area contributed by atoms with Crippen LogP contribution in [-0.4, -0.2) is 23.9 Å². The highest BCUT2D eigenvalue weighted by Gasteiger charge is 2.21. The molecule has 0 aliphatic heterocycles. The molecule has 1 amide bonds. The lowest BCUT2D eigenvalue weighted by molar-refractivity contribution is 0.0750. The third-order valence-corrected chi connectivity index (χ3v) is 5.30. The molecule has 0 N–H and O–H groups in total. The molecule has 0 aromatic carbocycles. The number of nitriles is 1. The van der Waals surface area contributed by atoms with Gasteiger partial charge in [0, 0.05) is 16.7 Å². The first-order valence-electron chi connectivity index (χ1n) is 4.86. The van der Waals surface area contributed by atoms with Gasteiger partial charge in [-0.3, -0.25) is 4.79 Å². The molecule has 0 saturated heterocycles. The van der Waals surface area contributed by atoms with Gasteiger partial charge in [-0.2, -0.15) is 5.26 Å². The van der Waals surface area contributed by atoms with Crippen LogP contribution in [0.15, 0.2) is 5.38 Å². The summed E-state index contributed by atoms with van der Waals surface area (Å²) in [6.45, 7) is 3.88. The van der Waals surface area contributed by atoms with E-state index in [9.17, 15) is 4.79 Å². The molecule has 5 heteroatoms. The molecular formula is C11H13IN2OS. The Balaban J connectivity index is 2.87. The summed E-state index contributed by atoms with van der Waals surface area (Å²) >= 11 is 3.66. The normalized spacial score (nSPS) is 11.9. The summed E-state index contributed by atoms with van der Waals surface area (Å²) in [5.41, 5.74) is 1.13. The predicted molar refractivity (Wildman–Crippen MR) is 73.6 cm³/mol. The van der Waals surface area contributed by atoms with Gasteiger partial charge in [0.25, 0.3) is 5.91 Å². The van der Waals surface area contributed by atoms with Gasteiger partial charge < -0.3 is 4.90 Å². The largest absolute Gasteiger partial charge is 0.337 e. The van der Waals surface area contributed by atoms with E-state index in [0.29, 0.717) is 6.42 Å². The van der Waals surface area contributed by atoms with Crippen molar-refractivity contribution in [3.63, 3.8) is 0 Å². The minimum atomic E-state index is -0.0456. The van der Waals surface area contributed by atoms with E-state index in [1.54, 1.807) is 11.9 Å². The van der Waals surface area contributed by atoms with Crippen molar-refractivity contribution in [3.8, 4) is 6.07 Å². The van der Waals surface area contributed by atoms with Crippen LogP contribution in [0, 0.1) is 21.8 Å². The summed E-state index contributed by atoms with van der Waals surface area (Å²) in [5.74, 6) is 0.00486. The van der Waals surface area contributed by atoms with Gasteiger partial charge in [0.05, 0.1) is 12.5 Å². The zero-order valence-electron chi connectivity index (χ0n) is 9.45. The Labute approximate surface area is 113 Å². The van der Waals surface area contributed by atoms with Crippen molar-refractivity contribution < 1.29 is 4.79 Å². The van der Waals surface area contributed by atoms with E-state index in [1.807, 2.05) is 19.2 Å². The molecule has 0 saturated carbocycles. The highest BCUT2D eigenvalue weighted by Crippen LogP contribution is 2.25. The van der Waals surface area contributed by atoms with Gasteiger partial charge in [0.2, 0.25) is 0 Å². The number of nitrogens with zero attached hydrogens (tertiary/aromatic N) is 2. The fraction of sp³-hybridized carbons (Fsp3) is 0.455. The molecule has 86 valence electrons. The van der Waals surface area contributed by atoms with E-state index in [1.165, 1.54) is 11.3 Å². The van der Waals surface area contributed by atoms with E-state index in [0.717, 1.165) is 14.0 Å². The lowest BCUT2D eigenvalue weighted by Gasteiger charge is -2.22. The monoisotopic (exact) mass is 348 g/mol. The molecule has 1 rings (SSSR count). The number of carbonyl (C=O) groups excluding carboxylic acids is 1. The second kappa shape index (κ2) is 5.64. The average Bonchev–Trinajstić information content (AvgIpc) is 2.58. The van der Waals surface area contributed by atoms with Crippen molar-refractivity contribution in [2.24, 2.45) is 0 Å². The van der Waals surface area contributed by atoms with Gasteiger partial charge in [0.1, 0.15) is 4.88 Å². The molecule has 0 bridgehead atoms. The third-order valence-electron chi connectivity index (χ3n) is 2.46. The van der Waals surface area contributed by atoms with Gasteiger partial charge in [-0.05, 0) is 47.4 Å². The Bertz CT molecular complexity index is 436. The molecular weight excluding hydrogens is 335 g/mol. The maximum Gasteiger partial charge on any atom is 0.265 e. The second-order valence-corrected chi connectivity index (χ2v) is 5.65. The zero-order chi connectivity index (χ0) is 12.3. The predicted octanol–water partition coefficient (Wildman–Crippen LogP) is 3.04. The minimum Gasteiger partial charge on any atom is -0.337 e. The number of hydrogen-bond donors (Lipinski definition) is 0. The molecule has 1 heterocycles. The standard InChI is InChI=1S/C11H13IN2OS/c1-7-6-16-10(9(7)12)11(15)14(3)8(2)4-5-13/h6,8H,4H2,1-3H3/t8-/m1/s1. The summed E-state index contributed by atoms with van der Waals surface area (Å²) in [4.78, 5) is 14.5. The summed E-state index contributed by atoms with van der Waals surface area (Å²) in [6, 6.07) is 2.04. The molecule has 1 aromatic heterocycles. The van der Waals surface area contributed by atoms with Crippen LogP contribution in [0.2, 0.25) is 0 Å². The SMILES string of the molecule is Cc1csc(C(=O)N(C)[C@H](C)CC#N)c1I. The summed E-state index contributed by atoms with van der Waals surface area (Å²) in [6.07, 6.45) is 0.364. The molecule has 0 aliphatic rings. The Kier molecular flexibility index (Phi) is 4.74. The van der Waals surface area contributed by atoms with Crippen LogP contribution in [0.4, 0.5) is 0 Å². The molecule has 0 radical (unpaired) electrons. The fourth-order valence-electron chi connectivity index (χ4n) is 1.20. The molecule has 0 unspecified atom stereocenters. The van der Waals surface area contributed by atoms with Crippen LogP contribution in [0.25, 0.3) is 0 Å². The molecule has 0 fully saturated rings. The first-order valence-corrected chi connectivity index (χ1v) is 6.82. The summed E-state index contributed by atoms with van der Waals surface area (Å²) in [7, 11) is 1.75.